The molecule has 1 aromatic heterocycles. The molecule has 4 N–H and O–H groups in total. The van der Waals surface area contributed by atoms with Gasteiger partial charge < -0.3 is 15.7 Å². The van der Waals surface area contributed by atoms with Gasteiger partial charge in [0.2, 0.25) is 11.9 Å². The molecule has 0 fully saturated rings. The quantitative estimate of drug-likeness (QED) is 0.580. The first-order chi connectivity index (χ1) is 6.27. The van der Waals surface area contributed by atoms with Crippen molar-refractivity contribution in [2.75, 3.05) is 30.3 Å². The Labute approximate surface area is 76.8 Å². The molecule has 0 atom stereocenters. The summed E-state index contributed by atoms with van der Waals surface area (Å²) >= 11 is 0. The van der Waals surface area contributed by atoms with Crippen LogP contribution in [0.25, 0.3) is 0 Å². The monoisotopic (exact) mass is 185 g/mol. The Morgan fingerprint density at radius 1 is 1.54 bits per heavy atom. The minimum atomic E-state index is 0.0917. The summed E-state index contributed by atoms with van der Waals surface area (Å²) in [7, 11) is 0. The molecule has 0 aliphatic carbocycles. The molecule has 0 aliphatic heterocycles. The lowest BCUT2D eigenvalue weighted by Crippen LogP contribution is -2.28. The van der Waals surface area contributed by atoms with Crippen LogP contribution in [0.1, 0.15) is 13.3 Å². The number of aliphatic hydroxyl groups excluding tert-OH is 1. The van der Waals surface area contributed by atoms with Gasteiger partial charge in [0.25, 0.3) is 0 Å². The lowest BCUT2D eigenvalue weighted by molar-refractivity contribution is 0.301. The number of anilines is 2. The number of aliphatic hydroxyl groups is 1. The second-order valence-electron chi connectivity index (χ2n) is 2.73. The zero-order chi connectivity index (χ0) is 9.68. The minimum absolute atomic E-state index is 0.0917. The van der Waals surface area contributed by atoms with Gasteiger partial charge in [-0.05, 0) is 6.42 Å². The molecule has 0 saturated carbocycles. The molecule has 0 unspecified atom stereocenters. The number of rotatable bonds is 5. The fourth-order valence-electron chi connectivity index (χ4n) is 1.11. The van der Waals surface area contributed by atoms with E-state index in [9.17, 15) is 0 Å². The lowest BCUT2D eigenvalue weighted by Gasteiger charge is -2.18. The van der Waals surface area contributed by atoms with E-state index in [0.717, 1.165) is 13.0 Å². The van der Waals surface area contributed by atoms with Crippen molar-refractivity contribution in [3.63, 3.8) is 0 Å². The first-order valence-electron chi connectivity index (χ1n) is 4.31. The number of hydrogen-bond acceptors (Lipinski definition) is 5. The molecule has 6 nitrogen and oxygen atoms in total. The fraction of sp³-hybridized carbons (Fsp3) is 0.714. The van der Waals surface area contributed by atoms with Gasteiger partial charge in [-0.15, -0.1) is 5.10 Å². The van der Waals surface area contributed by atoms with Gasteiger partial charge in [0.1, 0.15) is 0 Å². The predicted molar refractivity (Wildman–Crippen MR) is 50.4 cm³/mol. The molecule has 0 spiro atoms. The summed E-state index contributed by atoms with van der Waals surface area (Å²) in [6.07, 6.45) is 0.981. The van der Waals surface area contributed by atoms with Crippen LogP contribution < -0.4 is 10.6 Å². The molecule has 13 heavy (non-hydrogen) atoms. The van der Waals surface area contributed by atoms with E-state index < -0.39 is 0 Å². The molecule has 0 amide bonds. The van der Waals surface area contributed by atoms with Crippen molar-refractivity contribution >= 4 is 11.9 Å². The highest BCUT2D eigenvalue weighted by molar-refractivity contribution is 5.33. The van der Waals surface area contributed by atoms with Gasteiger partial charge >= 0.3 is 0 Å². The van der Waals surface area contributed by atoms with Crippen molar-refractivity contribution in [1.29, 1.82) is 0 Å². The highest BCUT2D eigenvalue weighted by Crippen LogP contribution is 2.07. The fourth-order valence-corrected chi connectivity index (χ4v) is 1.11. The van der Waals surface area contributed by atoms with Crippen LogP contribution >= 0.6 is 0 Å². The number of nitrogens with one attached hydrogen (secondary N) is 1. The van der Waals surface area contributed by atoms with Gasteiger partial charge in [-0.3, -0.25) is 0 Å². The summed E-state index contributed by atoms with van der Waals surface area (Å²) in [6.45, 7) is 3.50. The van der Waals surface area contributed by atoms with Crippen molar-refractivity contribution in [3.8, 4) is 0 Å². The van der Waals surface area contributed by atoms with Crippen LogP contribution in [0.4, 0.5) is 11.9 Å². The number of nitrogens with zero attached hydrogens (tertiary/aromatic N) is 3. The smallest absolute Gasteiger partial charge is 0.246 e. The maximum atomic E-state index is 8.79. The number of nitrogens with two attached hydrogens (primary N) is 1. The van der Waals surface area contributed by atoms with Crippen molar-refractivity contribution in [3.05, 3.63) is 0 Å². The Morgan fingerprint density at radius 3 is 2.77 bits per heavy atom. The summed E-state index contributed by atoms with van der Waals surface area (Å²) in [5.41, 5.74) is 5.39. The molecule has 74 valence electrons. The molecule has 1 rings (SSSR count). The van der Waals surface area contributed by atoms with Crippen LogP contribution in [0.5, 0.6) is 0 Å². The van der Waals surface area contributed by atoms with E-state index in [0.29, 0.717) is 18.4 Å². The molecule has 0 aliphatic rings. The van der Waals surface area contributed by atoms with E-state index in [1.54, 1.807) is 0 Å². The number of H-pyrrole nitrogens is 1. The molecule has 0 saturated heterocycles. The topological polar surface area (TPSA) is 91.1 Å². The predicted octanol–water partition coefficient (Wildman–Crippen LogP) is -0.404. The number of aromatic nitrogens is 3. The van der Waals surface area contributed by atoms with Crippen LogP contribution in [0.2, 0.25) is 0 Å². The van der Waals surface area contributed by atoms with E-state index in [-0.39, 0.29) is 6.61 Å². The third-order valence-electron chi connectivity index (χ3n) is 1.64. The van der Waals surface area contributed by atoms with Crippen LogP contribution in [-0.4, -0.2) is 40.0 Å². The Kier molecular flexibility index (Phi) is 3.51. The molecule has 0 radical (unpaired) electrons. The zero-order valence-corrected chi connectivity index (χ0v) is 7.69. The van der Waals surface area contributed by atoms with Crippen LogP contribution in [0.15, 0.2) is 0 Å². The lowest BCUT2D eigenvalue weighted by atomic mass is 10.4. The molecule has 1 heterocycles. The Morgan fingerprint density at radius 2 is 2.31 bits per heavy atom. The molecular formula is C7H15N5O. The average molecular weight is 185 g/mol. The number of nitrogen functional groups attached to an aromatic ring is 1. The molecule has 1 aromatic rings. The van der Waals surface area contributed by atoms with Gasteiger partial charge in [-0.1, -0.05) is 6.92 Å². The van der Waals surface area contributed by atoms with Gasteiger partial charge in [-0.2, -0.15) is 4.98 Å². The number of aromatic amines is 1. The average Bonchev–Trinajstić information content (AvgIpc) is 2.51. The standard InChI is InChI=1S/C7H15N5O/c1-2-3-12(4-5-13)7-9-6(8)10-11-7/h13H,2-5H2,1H3,(H3,8,9,10,11). The minimum Gasteiger partial charge on any atom is -0.395 e. The highest BCUT2D eigenvalue weighted by atomic mass is 16.3. The normalized spacial score (nSPS) is 10.3. The van der Waals surface area contributed by atoms with E-state index in [1.165, 1.54) is 0 Å². The molecule has 6 heteroatoms. The summed E-state index contributed by atoms with van der Waals surface area (Å²) in [5, 5.41) is 15.3. The highest BCUT2D eigenvalue weighted by Gasteiger charge is 2.09. The van der Waals surface area contributed by atoms with Gasteiger partial charge in [-0.25, -0.2) is 5.10 Å². The van der Waals surface area contributed by atoms with Crippen LogP contribution in [-0.2, 0) is 0 Å². The van der Waals surface area contributed by atoms with Crippen molar-refractivity contribution in [1.82, 2.24) is 15.2 Å². The van der Waals surface area contributed by atoms with Gasteiger partial charge in [0, 0.05) is 13.1 Å². The van der Waals surface area contributed by atoms with Crippen LogP contribution in [0, 0.1) is 0 Å². The first kappa shape index (κ1) is 9.79. The van der Waals surface area contributed by atoms with Crippen molar-refractivity contribution in [2.24, 2.45) is 0 Å². The number of hydrogen-bond donors (Lipinski definition) is 3. The second kappa shape index (κ2) is 4.66. The summed E-state index contributed by atoms with van der Waals surface area (Å²) < 4.78 is 0. The maximum Gasteiger partial charge on any atom is 0.246 e. The third-order valence-corrected chi connectivity index (χ3v) is 1.64. The Balaban J connectivity index is 2.63. The summed E-state index contributed by atoms with van der Waals surface area (Å²) in [5.74, 6) is 0.849. The van der Waals surface area contributed by atoms with E-state index in [1.807, 2.05) is 4.90 Å². The first-order valence-corrected chi connectivity index (χ1v) is 4.31. The molecule has 0 bridgehead atoms. The Hall–Kier alpha value is -1.30. The van der Waals surface area contributed by atoms with Crippen LogP contribution in [0.3, 0.4) is 0 Å². The van der Waals surface area contributed by atoms with E-state index in [4.69, 9.17) is 10.8 Å². The van der Waals surface area contributed by atoms with Crippen molar-refractivity contribution < 1.29 is 5.11 Å². The Bertz CT molecular complexity index is 243. The van der Waals surface area contributed by atoms with Gasteiger partial charge in [0.15, 0.2) is 0 Å². The van der Waals surface area contributed by atoms with E-state index in [2.05, 4.69) is 22.1 Å². The largest absolute Gasteiger partial charge is 0.395 e. The maximum absolute atomic E-state index is 8.79. The van der Waals surface area contributed by atoms with Crippen molar-refractivity contribution in [2.45, 2.75) is 13.3 Å². The summed E-state index contributed by atoms with van der Waals surface area (Å²) in [6, 6.07) is 0. The molecule has 0 aromatic carbocycles. The van der Waals surface area contributed by atoms with Gasteiger partial charge in [0.05, 0.1) is 6.61 Å². The van der Waals surface area contributed by atoms with E-state index >= 15 is 0 Å². The second-order valence-corrected chi connectivity index (χ2v) is 2.73. The molecular weight excluding hydrogens is 170 g/mol. The summed E-state index contributed by atoms with van der Waals surface area (Å²) in [4.78, 5) is 5.86. The SMILES string of the molecule is CCCN(CCO)c1n[nH]c(N)n1. The third kappa shape index (κ3) is 2.59. The zero-order valence-electron chi connectivity index (χ0n) is 7.69.